The van der Waals surface area contributed by atoms with Crippen molar-refractivity contribution >= 4 is 0 Å². The van der Waals surface area contributed by atoms with Gasteiger partial charge in [0.05, 0.1) is 13.1 Å². The van der Waals surface area contributed by atoms with Crippen LogP contribution in [0.4, 0.5) is 0 Å². The van der Waals surface area contributed by atoms with Crippen molar-refractivity contribution < 1.29 is 4.57 Å². The molecule has 0 spiro atoms. The van der Waals surface area contributed by atoms with E-state index < -0.39 is 0 Å². The third-order valence-electron chi connectivity index (χ3n) is 12.3. The number of hydrogen-bond acceptors (Lipinski definition) is 0. The predicted octanol–water partition coefficient (Wildman–Crippen LogP) is 17.8. The van der Waals surface area contributed by atoms with Gasteiger partial charge in [-0.2, -0.15) is 0 Å². The van der Waals surface area contributed by atoms with Crippen LogP contribution >= 0.6 is 0 Å². The highest BCUT2D eigenvalue weighted by molar-refractivity contribution is 4.84. The zero-order chi connectivity index (χ0) is 38.0. The van der Waals surface area contributed by atoms with E-state index in [9.17, 15) is 0 Å². The lowest BCUT2D eigenvalue weighted by molar-refractivity contribution is -0.704. The molecule has 1 heterocycles. The van der Waals surface area contributed by atoms with Crippen LogP contribution in [0.5, 0.6) is 0 Å². The van der Waals surface area contributed by atoms with Gasteiger partial charge in [0.15, 0.2) is 0 Å². The molecule has 53 heavy (non-hydrogen) atoms. The van der Waals surface area contributed by atoms with Crippen LogP contribution in [0.1, 0.15) is 296 Å². The number of imidazole rings is 1. The molecule has 0 amide bonds. The van der Waals surface area contributed by atoms with Crippen LogP contribution in [0, 0.1) is 0 Å². The molecule has 1 rings (SSSR count). The van der Waals surface area contributed by atoms with Crippen LogP contribution in [0.3, 0.4) is 0 Å². The summed E-state index contributed by atoms with van der Waals surface area (Å²) in [4.78, 5) is 0. The third kappa shape index (κ3) is 34.2. The first kappa shape index (κ1) is 50.2. The number of aryl methyl sites for hydroxylation is 2. The predicted molar refractivity (Wildman–Crippen MR) is 239 cm³/mol. The van der Waals surface area contributed by atoms with Crippen molar-refractivity contribution in [2.24, 2.45) is 0 Å². The molecular formula is C51H101N2+. The molecular weight excluding hydrogens is 641 g/mol. The molecule has 0 aliphatic rings. The van der Waals surface area contributed by atoms with Crippen LogP contribution in [-0.2, 0) is 19.5 Å². The monoisotopic (exact) mass is 742 g/mol. The topological polar surface area (TPSA) is 8.81 Å². The van der Waals surface area contributed by atoms with E-state index in [1.165, 1.54) is 289 Å². The third-order valence-corrected chi connectivity index (χ3v) is 12.3. The quantitative estimate of drug-likeness (QED) is 0.0465. The number of hydrogen-bond donors (Lipinski definition) is 0. The fraction of sp³-hybridized carbons (Fsp3) is 0.941. The van der Waals surface area contributed by atoms with E-state index in [4.69, 9.17) is 0 Å². The molecule has 0 unspecified atom stereocenters. The molecule has 0 fully saturated rings. The summed E-state index contributed by atoms with van der Waals surface area (Å²) in [5.74, 6) is 1.63. The standard InChI is InChI=1S/C51H101N2/c1-4-7-10-13-16-19-21-23-25-27-29-31-33-36-39-42-45-48-53-50-49-52(47-44-41-38-35-18-15-12-9-6-3)51(53)46-43-40-37-34-32-30-28-26-24-22-20-17-14-11-8-5-2/h49-50H,4-48H2,1-3H3/q+1. The van der Waals surface area contributed by atoms with Crippen molar-refractivity contribution in [2.75, 3.05) is 0 Å². The summed E-state index contributed by atoms with van der Waals surface area (Å²) in [6.45, 7) is 9.42. The molecule has 1 aromatic heterocycles. The van der Waals surface area contributed by atoms with Gasteiger partial charge in [-0.1, -0.05) is 258 Å². The second kappa shape index (κ2) is 42.4. The van der Waals surface area contributed by atoms with E-state index in [-0.39, 0.29) is 0 Å². The number of unbranched alkanes of at least 4 members (excludes halogenated alkanes) is 39. The zero-order valence-corrected chi connectivity index (χ0v) is 37.4. The van der Waals surface area contributed by atoms with Gasteiger partial charge in [-0.25, -0.2) is 9.13 Å². The molecule has 0 saturated carbocycles. The van der Waals surface area contributed by atoms with Crippen LogP contribution < -0.4 is 4.57 Å². The van der Waals surface area contributed by atoms with Gasteiger partial charge >= 0.3 is 0 Å². The number of rotatable bonds is 45. The zero-order valence-electron chi connectivity index (χ0n) is 37.4. The smallest absolute Gasteiger partial charge is 0.234 e. The highest BCUT2D eigenvalue weighted by Crippen LogP contribution is 2.17. The largest absolute Gasteiger partial charge is 0.256 e. The Morgan fingerprint density at radius 1 is 0.321 bits per heavy atom. The lowest BCUT2D eigenvalue weighted by Crippen LogP contribution is -2.37. The van der Waals surface area contributed by atoms with Crippen molar-refractivity contribution in [3.05, 3.63) is 18.2 Å². The summed E-state index contributed by atoms with van der Waals surface area (Å²) in [5, 5.41) is 0. The summed E-state index contributed by atoms with van der Waals surface area (Å²) in [7, 11) is 0. The van der Waals surface area contributed by atoms with Gasteiger partial charge in [0.1, 0.15) is 12.4 Å². The van der Waals surface area contributed by atoms with Crippen molar-refractivity contribution in [1.29, 1.82) is 0 Å². The lowest BCUT2D eigenvalue weighted by Gasteiger charge is -2.07. The van der Waals surface area contributed by atoms with E-state index in [2.05, 4.69) is 42.3 Å². The highest BCUT2D eigenvalue weighted by atomic mass is 15.1. The summed E-state index contributed by atoms with van der Waals surface area (Å²) in [5.41, 5.74) is 0. The van der Waals surface area contributed by atoms with E-state index in [1.54, 1.807) is 5.82 Å². The molecule has 314 valence electrons. The normalized spacial score (nSPS) is 11.7. The lowest BCUT2D eigenvalue weighted by atomic mass is 10.0. The molecule has 0 N–H and O–H groups in total. The van der Waals surface area contributed by atoms with Gasteiger partial charge in [0.25, 0.3) is 5.82 Å². The second-order valence-electron chi connectivity index (χ2n) is 17.6. The highest BCUT2D eigenvalue weighted by Gasteiger charge is 2.16. The number of nitrogens with zero attached hydrogens (tertiary/aromatic N) is 2. The molecule has 2 heteroatoms. The fourth-order valence-electron chi connectivity index (χ4n) is 8.62. The fourth-order valence-corrected chi connectivity index (χ4v) is 8.62. The maximum absolute atomic E-state index is 2.66. The Labute approximate surface area is 336 Å². The van der Waals surface area contributed by atoms with Crippen molar-refractivity contribution in [1.82, 2.24) is 4.57 Å². The van der Waals surface area contributed by atoms with Crippen molar-refractivity contribution in [3.8, 4) is 0 Å². The Morgan fingerprint density at radius 3 is 0.906 bits per heavy atom. The van der Waals surface area contributed by atoms with Crippen molar-refractivity contribution in [3.63, 3.8) is 0 Å². The maximum Gasteiger partial charge on any atom is 0.256 e. The van der Waals surface area contributed by atoms with Crippen LogP contribution in [0.15, 0.2) is 12.4 Å². The molecule has 0 radical (unpaired) electrons. The van der Waals surface area contributed by atoms with Crippen molar-refractivity contribution in [2.45, 2.75) is 310 Å². The summed E-state index contributed by atoms with van der Waals surface area (Å²) in [6, 6.07) is 0. The molecule has 0 aromatic carbocycles. The van der Waals surface area contributed by atoms with E-state index >= 15 is 0 Å². The van der Waals surface area contributed by atoms with Gasteiger partial charge in [-0.05, 0) is 32.1 Å². The van der Waals surface area contributed by atoms with Gasteiger partial charge in [0.2, 0.25) is 0 Å². The molecule has 0 aliphatic carbocycles. The molecule has 2 nitrogen and oxygen atoms in total. The first-order valence-electron chi connectivity index (χ1n) is 25.4. The molecule has 0 bridgehead atoms. The summed E-state index contributed by atoms with van der Waals surface area (Å²) < 4.78 is 5.31. The Hall–Kier alpha value is -0.790. The minimum Gasteiger partial charge on any atom is -0.234 e. The minimum atomic E-state index is 1.23. The molecule has 0 aliphatic heterocycles. The van der Waals surface area contributed by atoms with E-state index in [1.807, 2.05) is 0 Å². The molecule has 0 atom stereocenters. The number of aromatic nitrogens is 2. The summed E-state index contributed by atoms with van der Waals surface area (Å²) >= 11 is 0. The Balaban J connectivity index is 2.21. The first-order chi connectivity index (χ1) is 26.3. The van der Waals surface area contributed by atoms with Gasteiger partial charge in [-0.3, -0.25) is 0 Å². The summed E-state index contributed by atoms with van der Waals surface area (Å²) in [6.07, 6.45) is 66.8. The SMILES string of the molecule is CCCCCCCCCCCCCCCCCCCn1cc[n+](CCCCCCCCCCC)c1CCCCCCCCCCCCCCCCCC. The second-order valence-corrected chi connectivity index (χ2v) is 17.6. The van der Waals surface area contributed by atoms with Gasteiger partial charge in [-0.15, -0.1) is 0 Å². The maximum atomic E-state index is 2.66. The average Bonchev–Trinajstić information content (AvgIpc) is 3.55. The Bertz CT molecular complexity index is 811. The Kier molecular flexibility index (Phi) is 40.1. The van der Waals surface area contributed by atoms with Crippen LogP contribution in [-0.4, -0.2) is 4.57 Å². The van der Waals surface area contributed by atoms with Crippen LogP contribution in [0.25, 0.3) is 0 Å². The minimum absolute atomic E-state index is 1.23. The Morgan fingerprint density at radius 2 is 0.585 bits per heavy atom. The first-order valence-corrected chi connectivity index (χ1v) is 25.4. The van der Waals surface area contributed by atoms with Crippen LogP contribution in [0.2, 0.25) is 0 Å². The van der Waals surface area contributed by atoms with Gasteiger partial charge in [0, 0.05) is 6.42 Å². The molecule has 1 aromatic rings. The average molecular weight is 742 g/mol. The van der Waals surface area contributed by atoms with E-state index in [0.717, 1.165) is 0 Å². The van der Waals surface area contributed by atoms with Gasteiger partial charge < -0.3 is 0 Å². The molecule has 0 saturated heterocycles. The van der Waals surface area contributed by atoms with E-state index in [0.29, 0.717) is 0 Å².